The van der Waals surface area contributed by atoms with Crippen LogP contribution in [0.15, 0.2) is 33.9 Å². The average Bonchev–Trinajstić information content (AvgIpc) is 3.10. The van der Waals surface area contributed by atoms with Crippen molar-refractivity contribution >= 4 is 28.5 Å². The predicted molar refractivity (Wildman–Crippen MR) is 112 cm³/mol. The van der Waals surface area contributed by atoms with Crippen LogP contribution in [0.25, 0.3) is 10.8 Å². The van der Waals surface area contributed by atoms with Crippen LogP contribution in [0.4, 0.5) is 0 Å². The first kappa shape index (κ1) is 19.6. The molecule has 2 N–H and O–H groups in total. The third kappa shape index (κ3) is 5.65. The normalized spacial score (nSPS) is 15.6. The number of piperidine rings is 1. The number of rotatable bonds is 7. The van der Waals surface area contributed by atoms with Crippen molar-refractivity contribution < 1.29 is 4.42 Å². The van der Waals surface area contributed by atoms with E-state index >= 15 is 0 Å². The Bertz CT molecular complexity index is 804. The molecule has 0 aliphatic carbocycles. The zero-order chi connectivity index (χ0) is 18.9. The predicted octanol–water partition coefficient (Wildman–Crippen LogP) is 3.30. The van der Waals surface area contributed by atoms with Crippen molar-refractivity contribution in [2.24, 2.45) is 4.99 Å². The molecule has 6 nitrogen and oxygen atoms in total. The Labute approximate surface area is 165 Å². The number of nitrogens with one attached hydrogen (secondary N) is 2. The molecule has 7 heteroatoms. The van der Waals surface area contributed by atoms with Gasteiger partial charge in [0.15, 0.2) is 6.19 Å². The zero-order valence-electron chi connectivity index (χ0n) is 15.8. The fraction of sp³-hybridized carbons (Fsp3) is 0.500. The Hall–Kier alpha value is -2.17. The second-order valence-corrected chi connectivity index (χ2v) is 7.81. The summed E-state index contributed by atoms with van der Waals surface area (Å²) in [6.07, 6.45) is 7.72. The molecule has 2 aromatic rings. The number of fused-ring (bicyclic) bond motifs is 1. The topological polar surface area (TPSA) is 76.6 Å². The quantitative estimate of drug-likeness (QED) is 0.250. The van der Waals surface area contributed by atoms with E-state index in [9.17, 15) is 0 Å². The highest BCUT2D eigenvalue weighted by Gasteiger charge is 2.12. The number of hydrogen-bond donors (Lipinski definition) is 2. The minimum Gasteiger partial charge on any atom is -0.467 e. The van der Waals surface area contributed by atoms with E-state index in [-0.39, 0.29) is 0 Å². The maximum absolute atomic E-state index is 8.62. The van der Waals surface area contributed by atoms with Crippen LogP contribution in [0, 0.1) is 11.5 Å². The lowest BCUT2D eigenvalue weighted by molar-refractivity contribution is 0.221. The summed E-state index contributed by atoms with van der Waals surface area (Å²) >= 11 is 1.81. The molecule has 1 aromatic heterocycles. The van der Waals surface area contributed by atoms with E-state index in [0.717, 1.165) is 30.4 Å². The summed E-state index contributed by atoms with van der Waals surface area (Å²) < 4.78 is 5.81. The minimum absolute atomic E-state index is 0.504. The molecule has 0 saturated carbocycles. The number of nitriles is 1. The van der Waals surface area contributed by atoms with E-state index in [2.05, 4.69) is 38.7 Å². The largest absolute Gasteiger partial charge is 0.467 e. The molecule has 1 fully saturated rings. The van der Waals surface area contributed by atoms with E-state index in [1.54, 1.807) is 18.8 Å². The Kier molecular flexibility index (Phi) is 7.43. The number of furan rings is 1. The smallest absolute Gasteiger partial charge is 0.204 e. The van der Waals surface area contributed by atoms with Crippen molar-refractivity contribution in [1.82, 2.24) is 15.5 Å². The third-order valence-electron chi connectivity index (χ3n) is 4.77. The van der Waals surface area contributed by atoms with Gasteiger partial charge in [0.05, 0.1) is 12.0 Å². The monoisotopic (exact) mass is 385 g/mol. The number of aliphatic imine (C=N–C) groups is 1. The van der Waals surface area contributed by atoms with Crippen LogP contribution in [0.3, 0.4) is 0 Å². The van der Waals surface area contributed by atoms with Gasteiger partial charge in [-0.1, -0.05) is 18.6 Å². The summed E-state index contributed by atoms with van der Waals surface area (Å²) in [4.78, 5) is 6.51. The fourth-order valence-corrected chi connectivity index (χ4v) is 4.17. The van der Waals surface area contributed by atoms with E-state index in [1.165, 1.54) is 48.7 Å². The summed E-state index contributed by atoms with van der Waals surface area (Å²) in [6, 6.07) is 6.69. The summed E-state index contributed by atoms with van der Waals surface area (Å²) in [5.74, 6) is 3.28. The van der Waals surface area contributed by atoms with Crippen LogP contribution in [0.5, 0.6) is 0 Å². The first-order valence-electron chi connectivity index (χ1n) is 9.45. The Morgan fingerprint density at radius 3 is 2.96 bits per heavy atom. The second kappa shape index (κ2) is 10.2. The number of likely N-dealkylation sites (tertiary alicyclic amines) is 1. The molecule has 2 heterocycles. The lowest BCUT2D eigenvalue weighted by atomic mass is 10.1. The molecule has 1 aliphatic rings. The molecule has 144 valence electrons. The number of nitrogens with zero attached hydrogens (tertiary/aromatic N) is 3. The lowest BCUT2D eigenvalue weighted by Crippen LogP contribution is -2.35. The second-order valence-electron chi connectivity index (χ2n) is 6.71. The number of benzene rings is 1. The molecule has 1 aromatic carbocycles. The van der Waals surface area contributed by atoms with Gasteiger partial charge in [-0.25, -0.2) is 0 Å². The van der Waals surface area contributed by atoms with Gasteiger partial charge >= 0.3 is 0 Å². The molecule has 1 aliphatic heterocycles. The van der Waals surface area contributed by atoms with Crippen molar-refractivity contribution in [3.05, 3.63) is 35.8 Å². The van der Waals surface area contributed by atoms with E-state index in [1.807, 2.05) is 12.5 Å². The molecule has 0 amide bonds. The molecular formula is C20H27N5OS. The first-order chi connectivity index (χ1) is 13.3. The molecule has 0 atom stereocenters. The van der Waals surface area contributed by atoms with Crippen LogP contribution in [-0.4, -0.2) is 43.3 Å². The number of guanidine groups is 1. The maximum atomic E-state index is 8.62. The third-order valence-corrected chi connectivity index (χ3v) is 5.73. The zero-order valence-corrected chi connectivity index (χ0v) is 16.6. The summed E-state index contributed by atoms with van der Waals surface area (Å²) in [5, 5.41) is 16.6. The van der Waals surface area contributed by atoms with Crippen molar-refractivity contribution in [3.63, 3.8) is 0 Å². The molecule has 1 saturated heterocycles. The SMILES string of the molecule is CN=C(NC#N)NCCSCc1occ2ccc(CN3CCCCC3)cc12. The highest BCUT2D eigenvalue weighted by atomic mass is 32.2. The summed E-state index contributed by atoms with van der Waals surface area (Å²) in [5.41, 5.74) is 1.37. The first-order valence-corrected chi connectivity index (χ1v) is 10.6. The molecule has 0 unspecified atom stereocenters. The van der Waals surface area contributed by atoms with Gasteiger partial charge in [0, 0.05) is 36.7 Å². The van der Waals surface area contributed by atoms with Crippen molar-refractivity contribution in [2.45, 2.75) is 31.6 Å². The van der Waals surface area contributed by atoms with Gasteiger partial charge in [-0.3, -0.25) is 15.2 Å². The molecule has 0 spiro atoms. The Morgan fingerprint density at radius 1 is 1.33 bits per heavy atom. The van der Waals surface area contributed by atoms with E-state index in [0.29, 0.717) is 5.96 Å². The highest BCUT2D eigenvalue weighted by molar-refractivity contribution is 7.98. The van der Waals surface area contributed by atoms with Crippen LogP contribution in [0.2, 0.25) is 0 Å². The van der Waals surface area contributed by atoms with E-state index in [4.69, 9.17) is 9.68 Å². The molecule has 0 radical (unpaired) electrons. The van der Waals surface area contributed by atoms with Gasteiger partial charge in [0.1, 0.15) is 5.76 Å². The van der Waals surface area contributed by atoms with Gasteiger partial charge in [0.2, 0.25) is 5.96 Å². The molecule has 3 rings (SSSR count). The van der Waals surface area contributed by atoms with Gasteiger partial charge in [-0.2, -0.15) is 17.0 Å². The van der Waals surface area contributed by atoms with Gasteiger partial charge < -0.3 is 9.73 Å². The van der Waals surface area contributed by atoms with Gasteiger partial charge in [-0.05, 0) is 37.6 Å². The standard InChI is InChI=1S/C20H27N5OS/c1-22-20(24-15-21)23-7-10-27-14-19-18-11-16(5-6-17(18)13-26-19)12-25-8-3-2-4-9-25/h5-6,11,13H,2-4,7-10,12,14H2,1H3,(H2,22,23,24). The molecule has 27 heavy (non-hydrogen) atoms. The van der Waals surface area contributed by atoms with Crippen molar-refractivity contribution in [3.8, 4) is 6.19 Å². The molecule has 0 bridgehead atoms. The Balaban J connectivity index is 1.52. The summed E-state index contributed by atoms with van der Waals surface area (Å²) in [7, 11) is 1.65. The van der Waals surface area contributed by atoms with Crippen LogP contribution in [0.1, 0.15) is 30.6 Å². The van der Waals surface area contributed by atoms with Crippen LogP contribution >= 0.6 is 11.8 Å². The van der Waals surface area contributed by atoms with Gasteiger partial charge in [0.25, 0.3) is 0 Å². The Morgan fingerprint density at radius 2 is 2.19 bits per heavy atom. The number of thioether (sulfide) groups is 1. The van der Waals surface area contributed by atoms with Crippen LogP contribution < -0.4 is 10.6 Å². The molecular weight excluding hydrogens is 358 g/mol. The van der Waals surface area contributed by atoms with Gasteiger partial charge in [-0.15, -0.1) is 0 Å². The average molecular weight is 386 g/mol. The van der Waals surface area contributed by atoms with Crippen molar-refractivity contribution in [1.29, 1.82) is 5.26 Å². The maximum Gasteiger partial charge on any atom is 0.204 e. The fourth-order valence-electron chi connectivity index (χ4n) is 3.37. The minimum atomic E-state index is 0.504. The highest BCUT2D eigenvalue weighted by Crippen LogP contribution is 2.26. The van der Waals surface area contributed by atoms with Crippen LogP contribution in [-0.2, 0) is 12.3 Å². The van der Waals surface area contributed by atoms with Crippen molar-refractivity contribution in [2.75, 3.05) is 32.4 Å². The lowest BCUT2D eigenvalue weighted by Gasteiger charge is -2.26. The number of hydrogen-bond acceptors (Lipinski definition) is 5. The summed E-state index contributed by atoms with van der Waals surface area (Å²) in [6.45, 7) is 4.19. The van der Waals surface area contributed by atoms with E-state index < -0.39 is 0 Å².